The number of ether oxygens (including phenoxy) is 2. The quantitative estimate of drug-likeness (QED) is 0.474. The zero-order valence-corrected chi connectivity index (χ0v) is 17.7. The molecular formula is C17H14BrCl2NO5S. The van der Waals surface area contributed by atoms with E-state index in [-0.39, 0.29) is 39.3 Å². The van der Waals surface area contributed by atoms with Gasteiger partial charge in [-0.3, -0.25) is 0 Å². The van der Waals surface area contributed by atoms with Crippen LogP contribution in [0.15, 0.2) is 45.8 Å². The van der Waals surface area contributed by atoms with Gasteiger partial charge >= 0.3 is 5.97 Å². The third-order valence-corrected chi connectivity index (χ3v) is 7.57. The van der Waals surface area contributed by atoms with E-state index in [2.05, 4.69) is 15.9 Å². The highest BCUT2D eigenvalue weighted by Crippen LogP contribution is 2.32. The number of hydrogen-bond acceptors (Lipinski definition) is 5. The predicted octanol–water partition coefficient (Wildman–Crippen LogP) is 4.00. The number of carbonyl (C=O) groups excluding carboxylic acids is 1. The molecule has 0 unspecified atom stereocenters. The number of carbonyl (C=O) groups is 1. The number of nitrogens with zero attached hydrogens (tertiary/aromatic N) is 1. The van der Waals surface area contributed by atoms with Gasteiger partial charge in [-0.1, -0.05) is 29.3 Å². The Kier molecular flexibility index (Phi) is 6.45. The number of halogens is 3. The molecule has 1 fully saturated rings. The fourth-order valence-corrected chi connectivity index (χ4v) is 5.16. The second-order valence-electron chi connectivity index (χ2n) is 5.60. The van der Waals surface area contributed by atoms with Crippen molar-refractivity contribution >= 4 is 55.1 Å². The summed E-state index contributed by atoms with van der Waals surface area (Å²) < 4.78 is 37.9. The van der Waals surface area contributed by atoms with E-state index in [0.717, 1.165) is 0 Å². The summed E-state index contributed by atoms with van der Waals surface area (Å²) in [6.45, 7) is 1.15. The van der Waals surface area contributed by atoms with Crippen LogP contribution in [0.4, 0.5) is 0 Å². The highest BCUT2D eigenvalue weighted by molar-refractivity contribution is 9.10. The minimum atomic E-state index is -3.78. The number of benzene rings is 2. The summed E-state index contributed by atoms with van der Waals surface area (Å²) in [4.78, 5) is 12.5. The molecule has 1 aliphatic rings. The van der Waals surface area contributed by atoms with Crippen molar-refractivity contribution in [1.29, 1.82) is 0 Å². The summed E-state index contributed by atoms with van der Waals surface area (Å²) in [7, 11) is -3.78. The molecular weight excluding hydrogens is 481 g/mol. The highest BCUT2D eigenvalue weighted by Gasteiger charge is 2.29. The van der Waals surface area contributed by atoms with Crippen LogP contribution in [-0.4, -0.2) is 45.0 Å². The summed E-state index contributed by atoms with van der Waals surface area (Å²) in [5.74, 6) is -0.653. The van der Waals surface area contributed by atoms with Crippen molar-refractivity contribution in [3.63, 3.8) is 0 Å². The number of rotatable bonds is 4. The average molecular weight is 495 g/mol. The van der Waals surface area contributed by atoms with Crippen LogP contribution in [0.3, 0.4) is 0 Å². The molecule has 0 bridgehead atoms. The molecule has 0 aliphatic carbocycles. The van der Waals surface area contributed by atoms with Crippen LogP contribution in [-0.2, 0) is 14.8 Å². The van der Waals surface area contributed by atoms with Crippen LogP contribution in [0.25, 0.3) is 0 Å². The van der Waals surface area contributed by atoms with Crippen LogP contribution in [0.5, 0.6) is 5.75 Å². The summed E-state index contributed by atoms with van der Waals surface area (Å²) >= 11 is 15.2. The normalized spacial score (nSPS) is 15.5. The maximum Gasteiger partial charge on any atom is 0.343 e. The molecule has 0 atom stereocenters. The molecule has 1 saturated heterocycles. The second kappa shape index (κ2) is 8.46. The Morgan fingerprint density at radius 3 is 2.56 bits per heavy atom. The van der Waals surface area contributed by atoms with Gasteiger partial charge in [-0.15, -0.1) is 0 Å². The maximum atomic E-state index is 12.9. The van der Waals surface area contributed by atoms with Crippen molar-refractivity contribution in [2.75, 3.05) is 26.3 Å². The second-order valence-corrected chi connectivity index (χ2v) is 9.15. The maximum absolute atomic E-state index is 12.9. The standard InChI is InChI=1S/C17H14BrCl2NO5S/c18-12-5-4-11(17(22)26-14-3-1-2-13(19)16(14)20)10-15(12)27(23,24)21-6-8-25-9-7-21/h1-5,10H,6-9H2. The van der Waals surface area contributed by atoms with Crippen molar-refractivity contribution in [3.8, 4) is 5.75 Å². The topological polar surface area (TPSA) is 72.9 Å². The molecule has 0 N–H and O–H groups in total. The fourth-order valence-electron chi connectivity index (χ4n) is 2.48. The van der Waals surface area contributed by atoms with Crippen LogP contribution in [0.1, 0.15) is 10.4 Å². The van der Waals surface area contributed by atoms with Crippen molar-refractivity contribution in [2.24, 2.45) is 0 Å². The van der Waals surface area contributed by atoms with Crippen molar-refractivity contribution in [1.82, 2.24) is 4.31 Å². The van der Waals surface area contributed by atoms with Gasteiger partial charge in [0.05, 0.1) is 28.7 Å². The number of sulfonamides is 1. The van der Waals surface area contributed by atoms with Gasteiger partial charge in [0.15, 0.2) is 5.75 Å². The van der Waals surface area contributed by atoms with Crippen LogP contribution >= 0.6 is 39.1 Å². The van der Waals surface area contributed by atoms with Crippen LogP contribution < -0.4 is 4.74 Å². The first-order valence-electron chi connectivity index (χ1n) is 7.84. The molecule has 0 saturated carbocycles. The molecule has 3 rings (SSSR count). The molecule has 0 radical (unpaired) electrons. The van der Waals surface area contributed by atoms with Gasteiger partial charge in [-0.25, -0.2) is 13.2 Å². The molecule has 0 amide bonds. The van der Waals surface area contributed by atoms with Gasteiger partial charge in [0.1, 0.15) is 5.02 Å². The molecule has 6 nitrogen and oxygen atoms in total. The van der Waals surface area contributed by atoms with E-state index in [1.807, 2.05) is 0 Å². The van der Waals surface area contributed by atoms with E-state index in [1.165, 1.54) is 28.6 Å². The molecule has 1 aliphatic heterocycles. The molecule has 27 heavy (non-hydrogen) atoms. The third-order valence-electron chi connectivity index (χ3n) is 3.87. The zero-order valence-electron chi connectivity index (χ0n) is 13.8. The Morgan fingerprint density at radius 2 is 1.85 bits per heavy atom. The molecule has 0 spiro atoms. The summed E-state index contributed by atoms with van der Waals surface area (Å²) in [6, 6.07) is 8.87. The Labute approximate surface area is 175 Å². The first-order valence-corrected chi connectivity index (χ1v) is 10.8. The SMILES string of the molecule is O=C(Oc1cccc(Cl)c1Cl)c1ccc(Br)c(S(=O)(=O)N2CCOCC2)c1. The van der Waals surface area contributed by atoms with E-state index in [9.17, 15) is 13.2 Å². The highest BCUT2D eigenvalue weighted by atomic mass is 79.9. The first-order chi connectivity index (χ1) is 12.8. The summed E-state index contributed by atoms with van der Waals surface area (Å²) in [6.07, 6.45) is 0. The summed E-state index contributed by atoms with van der Waals surface area (Å²) in [5, 5.41) is 0.346. The van der Waals surface area contributed by atoms with Crippen molar-refractivity contribution in [2.45, 2.75) is 4.90 Å². The smallest absolute Gasteiger partial charge is 0.343 e. The number of esters is 1. The Hall–Kier alpha value is -1.16. The Bertz CT molecular complexity index is 977. The lowest BCUT2D eigenvalue weighted by atomic mass is 10.2. The fraction of sp³-hybridized carbons (Fsp3) is 0.235. The monoisotopic (exact) mass is 493 g/mol. The number of hydrogen-bond donors (Lipinski definition) is 0. The van der Waals surface area contributed by atoms with Gasteiger partial charge < -0.3 is 9.47 Å². The van der Waals surface area contributed by atoms with Gasteiger partial charge in [0, 0.05) is 17.6 Å². The molecule has 2 aromatic rings. The van der Waals surface area contributed by atoms with Crippen molar-refractivity contribution < 1.29 is 22.7 Å². The molecule has 0 aromatic heterocycles. The molecule has 10 heteroatoms. The largest absolute Gasteiger partial charge is 0.421 e. The molecule has 2 aromatic carbocycles. The minimum Gasteiger partial charge on any atom is -0.421 e. The lowest BCUT2D eigenvalue weighted by Gasteiger charge is -2.26. The predicted molar refractivity (Wildman–Crippen MR) is 105 cm³/mol. The third kappa shape index (κ3) is 4.47. The zero-order chi connectivity index (χ0) is 19.6. The van der Waals surface area contributed by atoms with E-state index in [0.29, 0.717) is 17.7 Å². The Morgan fingerprint density at radius 1 is 1.15 bits per heavy atom. The minimum absolute atomic E-state index is 0.0176. The van der Waals surface area contributed by atoms with Gasteiger partial charge in [-0.05, 0) is 46.3 Å². The lowest BCUT2D eigenvalue weighted by Crippen LogP contribution is -2.40. The number of morpholine rings is 1. The van der Waals surface area contributed by atoms with E-state index in [4.69, 9.17) is 32.7 Å². The molecule has 1 heterocycles. The van der Waals surface area contributed by atoms with Crippen molar-refractivity contribution in [3.05, 3.63) is 56.5 Å². The molecule has 144 valence electrons. The summed E-state index contributed by atoms with van der Waals surface area (Å²) in [5.41, 5.74) is 0.0704. The Balaban J connectivity index is 1.90. The van der Waals surface area contributed by atoms with Crippen LogP contribution in [0.2, 0.25) is 10.0 Å². The van der Waals surface area contributed by atoms with Gasteiger partial charge in [0.2, 0.25) is 10.0 Å². The van der Waals surface area contributed by atoms with Gasteiger partial charge in [-0.2, -0.15) is 4.31 Å². The first kappa shape index (κ1) is 20.6. The van der Waals surface area contributed by atoms with Crippen LogP contribution in [0, 0.1) is 0 Å². The van der Waals surface area contributed by atoms with Gasteiger partial charge in [0.25, 0.3) is 0 Å². The van der Waals surface area contributed by atoms with E-state index >= 15 is 0 Å². The lowest BCUT2D eigenvalue weighted by molar-refractivity contribution is 0.0727. The van der Waals surface area contributed by atoms with E-state index < -0.39 is 16.0 Å². The average Bonchev–Trinajstić information content (AvgIpc) is 2.66. The van der Waals surface area contributed by atoms with E-state index in [1.54, 1.807) is 12.1 Å².